The van der Waals surface area contributed by atoms with Crippen LogP contribution in [0.25, 0.3) is 0 Å². The van der Waals surface area contributed by atoms with Gasteiger partial charge in [0.15, 0.2) is 0 Å². The molecular weight excluding hydrogens is 346 g/mol. The first-order chi connectivity index (χ1) is 12.9. The summed E-state index contributed by atoms with van der Waals surface area (Å²) in [4.78, 5) is 27.2. The molecule has 2 aromatic rings. The number of aryl methyl sites for hydroxylation is 2. The van der Waals surface area contributed by atoms with E-state index in [0.717, 1.165) is 12.8 Å². The first kappa shape index (κ1) is 17.9. The van der Waals surface area contributed by atoms with Gasteiger partial charge in [0.25, 0.3) is 0 Å². The zero-order chi connectivity index (χ0) is 19.1. The molecule has 0 aliphatic carbocycles. The summed E-state index contributed by atoms with van der Waals surface area (Å²) in [5.74, 6) is -0.598. The number of carbonyl (C=O) groups excluding carboxylic acids is 2. The van der Waals surface area contributed by atoms with Gasteiger partial charge in [0.1, 0.15) is 23.6 Å². The molecule has 0 spiro atoms. The fourth-order valence-electron chi connectivity index (χ4n) is 4.35. The van der Waals surface area contributed by atoms with E-state index in [9.17, 15) is 9.59 Å². The zero-order valence-corrected chi connectivity index (χ0v) is 15.9. The maximum absolute atomic E-state index is 12.5. The molecule has 2 aliphatic heterocycles. The summed E-state index contributed by atoms with van der Waals surface area (Å²) in [6.45, 7) is 0. The Morgan fingerprint density at radius 2 is 1.48 bits per heavy atom. The quantitative estimate of drug-likeness (QED) is 0.769. The highest BCUT2D eigenvalue weighted by atomic mass is 16.6. The minimum Gasteiger partial charge on any atom is -0.458 e. The molecule has 0 aromatic carbocycles. The lowest BCUT2D eigenvalue weighted by atomic mass is 10.00. The molecule has 0 radical (unpaired) electrons. The molecule has 0 unspecified atom stereocenters. The van der Waals surface area contributed by atoms with E-state index in [1.165, 1.54) is 0 Å². The highest BCUT2D eigenvalue weighted by Crippen LogP contribution is 2.38. The summed E-state index contributed by atoms with van der Waals surface area (Å²) in [5, 5.41) is 0. The summed E-state index contributed by atoms with van der Waals surface area (Å²) in [7, 11) is 5.71. The summed E-state index contributed by atoms with van der Waals surface area (Å²) in [5.41, 5.74) is 1.10. The van der Waals surface area contributed by atoms with E-state index in [4.69, 9.17) is 9.47 Å². The molecule has 2 aromatic heterocycles. The number of esters is 2. The molecule has 144 valence electrons. The van der Waals surface area contributed by atoms with Crippen molar-refractivity contribution in [2.24, 2.45) is 14.1 Å². The van der Waals surface area contributed by atoms with Crippen LogP contribution >= 0.6 is 0 Å². The Morgan fingerprint density at radius 3 is 2.04 bits per heavy atom. The molecule has 7 heteroatoms. The van der Waals surface area contributed by atoms with Gasteiger partial charge in [-0.15, -0.1) is 0 Å². The number of hydrogen-bond acceptors (Lipinski definition) is 5. The molecular formula is C20H25N3O4. The monoisotopic (exact) mass is 371 g/mol. The minimum atomic E-state index is -0.300. The van der Waals surface area contributed by atoms with Gasteiger partial charge in [-0.1, -0.05) is 0 Å². The van der Waals surface area contributed by atoms with Crippen LogP contribution in [0.3, 0.4) is 0 Å². The Morgan fingerprint density at radius 1 is 0.889 bits per heavy atom. The van der Waals surface area contributed by atoms with Crippen molar-refractivity contribution in [3.05, 3.63) is 48.0 Å². The van der Waals surface area contributed by atoms with E-state index in [0.29, 0.717) is 17.8 Å². The molecule has 7 nitrogen and oxygen atoms in total. The lowest BCUT2D eigenvalue weighted by Gasteiger charge is -2.36. The van der Waals surface area contributed by atoms with Crippen molar-refractivity contribution in [2.75, 3.05) is 7.05 Å². The van der Waals surface area contributed by atoms with Gasteiger partial charge in [0.05, 0.1) is 6.04 Å². The standard InChI is InChI=1S/C20H25N3O4/c1-21-8-4-6-15(21)19(24)26-14-10-13-11-18(17(12-14)23(13)3)27-20(25)16-7-5-9-22(16)2/h4-9,13-14,17-18H,10-12H2,1-3H3/t13-,14-,17+,18-/m1/s1. The average molecular weight is 371 g/mol. The van der Waals surface area contributed by atoms with E-state index in [1.54, 1.807) is 21.3 Å². The number of carbonyl (C=O) groups is 2. The number of piperidine rings is 1. The Kier molecular flexibility index (Phi) is 4.55. The molecule has 0 saturated carbocycles. The molecule has 2 aliphatic rings. The smallest absolute Gasteiger partial charge is 0.355 e. The van der Waals surface area contributed by atoms with Crippen LogP contribution in [0.5, 0.6) is 0 Å². The van der Waals surface area contributed by atoms with E-state index < -0.39 is 0 Å². The number of rotatable bonds is 4. The predicted octanol–water partition coefficient (Wildman–Crippen LogP) is 1.98. The van der Waals surface area contributed by atoms with Crippen LogP contribution in [-0.4, -0.2) is 57.3 Å². The molecule has 4 atom stereocenters. The normalized spacial score (nSPS) is 27.5. The third kappa shape index (κ3) is 3.27. The molecule has 4 heterocycles. The van der Waals surface area contributed by atoms with E-state index in [2.05, 4.69) is 11.9 Å². The highest BCUT2D eigenvalue weighted by Gasteiger charge is 2.48. The third-order valence-electron chi connectivity index (χ3n) is 5.91. The molecule has 0 amide bonds. The first-order valence-electron chi connectivity index (χ1n) is 9.30. The lowest BCUT2D eigenvalue weighted by Crippen LogP contribution is -2.46. The Labute approximate surface area is 158 Å². The average Bonchev–Trinajstić information content (AvgIpc) is 3.27. The molecule has 2 fully saturated rings. The van der Waals surface area contributed by atoms with Gasteiger partial charge < -0.3 is 18.6 Å². The summed E-state index contributed by atoms with van der Waals surface area (Å²) < 4.78 is 15.1. The van der Waals surface area contributed by atoms with E-state index >= 15 is 0 Å². The second-order valence-electron chi connectivity index (χ2n) is 7.57. The number of likely N-dealkylation sites (N-methyl/N-ethyl adjacent to an activating group) is 1. The Balaban J connectivity index is 1.41. The van der Waals surface area contributed by atoms with Crippen molar-refractivity contribution in [1.29, 1.82) is 0 Å². The molecule has 0 N–H and O–H groups in total. The topological polar surface area (TPSA) is 65.7 Å². The maximum Gasteiger partial charge on any atom is 0.355 e. The van der Waals surface area contributed by atoms with Gasteiger partial charge in [-0.3, -0.25) is 4.90 Å². The SMILES string of the molecule is CN1[C@@H]2C[C@@H](OC(=O)c3cccn3C)C[C@H]1[C@H](OC(=O)c1cccn1C)C2. The van der Waals surface area contributed by atoms with Crippen LogP contribution in [-0.2, 0) is 23.6 Å². The van der Waals surface area contributed by atoms with Gasteiger partial charge in [-0.05, 0) is 31.3 Å². The highest BCUT2D eigenvalue weighted by molar-refractivity contribution is 5.88. The Hall–Kier alpha value is -2.54. The van der Waals surface area contributed by atoms with Crippen LogP contribution in [0.15, 0.2) is 36.7 Å². The first-order valence-corrected chi connectivity index (χ1v) is 9.30. The third-order valence-corrected chi connectivity index (χ3v) is 5.91. The van der Waals surface area contributed by atoms with Crippen molar-refractivity contribution in [3.8, 4) is 0 Å². The second kappa shape index (κ2) is 6.88. The number of nitrogens with zero attached hydrogens (tertiary/aromatic N) is 3. The Bertz CT molecular complexity index is 853. The van der Waals surface area contributed by atoms with Crippen molar-refractivity contribution in [3.63, 3.8) is 0 Å². The molecule has 2 bridgehead atoms. The lowest BCUT2D eigenvalue weighted by molar-refractivity contribution is -0.0159. The van der Waals surface area contributed by atoms with Gasteiger partial charge >= 0.3 is 11.9 Å². The minimum absolute atomic E-state index is 0.0687. The van der Waals surface area contributed by atoms with Gasteiger partial charge in [-0.2, -0.15) is 0 Å². The van der Waals surface area contributed by atoms with Gasteiger partial charge in [0, 0.05) is 51.8 Å². The van der Waals surface area contributed by atoms with Crippen LogP contribution in [0.2, 0.25) is 0 Å². The zero-order valence-electron chi connectivity index (χ0n) is 15.9. The fourth-order valence-corrected chi connectivity index (χ4v) is 4.35. The molecule has 2 saturated heterocycles. The second-order valence-corrected chi connectivity index (χ2v) is 7.57. The molecule has 27 heavy (non-hydrogen) atoms. The van der Waals surface area contributed by atoms with Crippen LogP contribution in [0, 0.1) is 0 Å². The van der Waals surface area contributed by atoms with Gasteiger partial charge in [0.2, 0.25) is 0 Å². The van der Waals surface area contributed by atoms with Gasteiger partial charge in [-0.25, -0.2) is 9.59 Å². The van der Waals surface area contributed by atoms with Crippen LogP contribution < -0.4 is 0 Å². The number of hydrogen-bond donors (Lipinski definition) is 0. The van der Waals surface area contributed by atoms with Crippen LogP contribution in [0.1, 0.15) is 40.2 Å². The van der Waals surface area contributed by atoms with Crippen LogP contribution in [0.4, 0.5) is 0 Å². The van der Waals surface area contributed by atoms with E-state index in [-0.39, 0.29) is 36.2 Å². The van der Waals surface area contributed by atoms with Crippen molar-refractivity contribution >= 4 is 11.9 Å². The van der Waals surface area contributed by atoms with Crippen molar-refractivity contribution in [2.45, 2.75) is 43.6 Å². The van der Waals surface area contributed by atoms with Crippen molar-refractivity contribution in [1.82, 2.24) is 14.0 Å². The number of aromatic nitrogens is 2. The number of ether oxygens (including phenoxy) is 2. The summed E-state index contributed by atoms with van der Waals surface area (Å²) >= 11 is 0. The fraction of sp³-hybridized carbons (Fsp3) is 0.500. The number of fused-ring (bicyclic) bond motifs is 2. The molecule has 4 rings (SSSR count). The maximum atomic E-state index is 12.5. The van der Waals surface area contributed by atoms with Crippen molar-refractivity contribution < 1.29 is 19.1 Å². The largest absolute Gasteiger partial charge is 0.458 e. The predicted molar refractivity (Wildman–Crippen MR) is 98.4 cm³/mol. The van der Waals surface area contributed by atoms with E-state index in [1.807, 2.05) is 38.6 Å². The summed E-state index contributed by atoms with van der Waals surface area (Å²) in [6.07, 6.45) is 5.53. The summed E-state index contributed by atoms with van der Waals surface area (Å²) in [6, 6.07) is 7.50.